The zero-order valence-electron chi connectivity index (χ0n) is 13.3. The summed E-state index contributed by atoms with van der Waals surface area (Å²) < 4.78 is 0. The molecule has 2 aromatic carbocycles. The zero-order chi connectivity index (χ0) is 16.2. The summed E-state index contributed by atoms with van der Waals surface area (Å²) in [5, 5.41) is 2.93. The van der Waals surface area contributed by atoms with E-state index < -0.39 is 0 Å². The third-order valence-electron chi connectivity index (χ3n) is 4.22. The van der Waals surface area contributed by atoms with Gasteiger partial charge in [0.1, 0.15) is 0 Å². The summed E-state index contributed by atoms with van der Waals surface area (Å²) in [4.78, 5) is 16.4. The van der Waals surface area contributed by atoms with Crippen LogP contribution in [-0.2, 0) is 0 Å². The number of rotatable bonds is 2. The molecular weight excluding hydrogens is 288 g/mol. The number of urea groups is 1. The number of nitrogens with one attached hydrogen (secondary N) is 1. The van der Waals surface area contributed by atoms with Gasteiger partial charge in [-0.3, -0.25) is 0 Å². The molecule has 0 spiro atoms. The van der Waals surface area contributed by atoms with Gasteiger partial charge in [0.25, 0.3) is 0 Å². The fourth-order valence-electron chi connectivity index (χ4n) is 2.72. The van der Waals surface area contributed by atoms with Crippen LogP contribution in [0.2, 0.25) is 0 Å². The van der Waals surface area contributed by atoms with Crippen LogP contribution in [0.15, 0.2) is 48.5 Å². The average molecular weight is 310 g/mol. The molecule has 1 heterocycles. The number of hydrogen-bond donors (Lipinski definition) is 2. The van der Waals surface area contributed by atoms with Crippen LogP contribution in [0.4, 0.5) is 21.9 Å². The van der Waals surface area contributed by atoms with Crippen molar-refractivity contribution >= 4 is 23.1 Å². The first-order chi connectivity index (χ1) is 11.1. The van der Waals surface area contributed by atoms with Crippen molar-refractivity contribution in [2.75, 3.05) is 42.1 Å². The van der Waals surface area contributed by atoms with Crippen LogP contribution in [-0.4, -0.2) is 37.1 Å². The Balaban J connectivity index is 1.57. The van der Waals surface area contributed by atoms with Crippen molar-refractivity contribution < 1.29 is 4.79 Å². The molecule has 0 bridgehead atoms. The Bertz CT molecular complexity index is 679. The van der Waals surface area contributed by atoms with Gasteiger partial charge in [-0.05, 0) is 36.8 Å². The van der Waals surface area contributed by atoms with Crippen molar-refractivity contribution in [1.82, 2.24) is 4.90 Å². The van der Waals surface area contributed by atoms with Crippen LogP contribution >= 0.6 is 0 Å². The SMILES string of the molecule is Cc1ccc(N2CCN(C(=O)Nc3ccccc3)CC2)cc1N. The van der Waals surface area contributed by atoms with E-state index in [2.05, 4.69) is 16.3 Å². The highest BCUT2D eigenvalue weighted by atomic mass is 16.2. The smallest absolute Gasteiger partial charge is 0.321 e. The van der Waals surface area contributed by atoms with Gasteiger partial charge in [0, 0.05) is 43.2 Å². The minimum Gasteiger partial charge on any atom is -0.398 e. The molecule has 1 saturated heterocycles. The molecule has 0 radical (unpaired) electrons. The quantitative estimate of drug-likeness (QED) is 0.838. The van der Waals surface area contributed by atoms with E-state index in [1.165, 1.54) is 0 Å². The van der Waals surface area contributed by atoms with Gasteiger partial charge in [-0.15, -0.1) is 0 Å². The predicted molar refractivity (Wildman–Crippen MR) is 94.8 cm³/mol. The van der Waals surface area contributed by atoms with E-state index in [9.17, 15) is 4.79 Å². The molecule has 5 nitrogen and oxygen atoms in total. The van der Waals surface area contributed by atoms with Gasteiger partial charge < -0.3 is 20.9 Å². The maximum Gasteiger partial charge on any atom is 0.321 e. The summed E-state index contributed by atoms with van der Waals surface area (Å²) in [6.45, 7) is 5.03. The van der Waals surface area contributed by atoms with E-state index in [-0.39, 0.29) is 6.03 Å². The summed E-state index contributed by atoms with van der Waals surface area (Å²) in [6.07, 6.45) is 0. The van der Waals surface area contributed by atoms with Crippen molar-refractivity contribution in [1.29, 1.82) is 0 Å². The summed E-state index contributed by atoms with van der Waals surface area (Å²) in [6, 6.07) is 15.6. The van der Waals surface area contributed by atoms with Crippen LogP contribution in [0.5, 0.6) is 0 Å². The molecule has 0 saturated carbocycles. The molecule has 3 N–H and O–H groups in total. The topological polar surface area (TPSA) is 61.6 Å². The maximum atomic E-state index is 12.3. The minimum absolute atomic E-state index is 0.0423. The lowest BCUT2D eigenvalue weighted by molar-refractivity contribution is 0.208. The van der Waals surface area contributed by atoms with Crippen LogP contribution < -0.4 is 16.0 Å². The molecule has 0 aliphatic carbocycles. The molecular formula is C18H22N4O. The van der Waals surface area contributed by atoms with E-state index >= 15 is 0 Å². The Morgan fingerprint density at radius 1 is 1.04 bits per heavy atom. The third-order valence-corrected chi connectivity index (χ3v) is 4.22. The largest absolute Gasteiger partial charge is 0.398 e. The van der Waals surface area contributed by atoms with Gasteiger partial charge in [0.05, 0.1) is 0 Å². The van der Waals surface area contributed by atoms with Crippen molar-refractivity contribution in [3.8, 4) is 0 Å². The van der Waals surface area contributed by atoms with Crippen molar-refractivity contribution in [2.45, 2.75) is 6.92 Å². The van der Waals surface area contributed by atoms with Crippen LogP contribution in [0.3, 0.4) is 0 Å². The van der Waals surface area contributed by atoms with Gasteiger partial charge in [-0.1, -0.05) is 24.3 Å². The number of aryl methyl sites for hydroxylation is 1. The molecule has 1 fully saturated rings. The highest BCUT2D eigenvalue weighted by Crippen LogP contribution is 2.22. The van der Waals surface area contributed by atoms with Crippen LogP contribution in [0, 0.1) is 6.92 Å². The predicted octanol–water partition coefficient (Wildman–Crippen LogP) is 2.93. The number of carbonyl (C=O) groups excluding carboxylic acids is 1. The molecule has 0 atom stereocenters. The second-order valence-electron chi connectivity index (χ2n) is 5.81. The number of amides is 2. The Morgan fingerprint density at radius 3 is 2.39 bits per heavy atom. The lowest BCUT2D eigenvalue weighted by Gasteiger charge is -2.36. The lowest BCUT2D eigenvalue weighted by atomic mass is 10.1. The number of nitrogens with two attached hydrogens (primary N) is 1. The van der Waals surface area contributed by atoms with Gasteiger partial charge in [0.15, 0.2) is 0 Å². The monoisotopic (exact) mass is 310 g/mol. The van der Waals surface area contributed by atoms with Crippen molar-refractivity contribution in [3.63, 3.8) is 0 Å². The number of benzene rings is 2. The van der Waals surface area contributed by atoms with Crippen molar-refractivity contribution in [3.05, 3.63) is 54.1 Å². The molecule has 23 heavy (non-hydrogen) atoms. The highest BCUT2D eigenvalue weighted by Gasteiger charge is 2.21. The van der Waals surface area contributed by atoms with Gasteiger partial charge in [0.2, 0.25) is 0 Å². The molecule has 0 aromatic heterocycles. The average Bonchev–Trinajstić information content (AvgIpc) is 2.58. The van der Waals surface area contributed by atoms with Gasteiger partial charge in [-0.25, -0.2) is 4.79 Å². The first kappa shape index (κ1) is 15.2. The molecule has 1 aliphatic heterocycles. The van der Waals surface area contributed by atoms with E-state index in [1.807, 2.05) is 54.3 Å². The number of carbonyl (C=O) groups is 1. The first-order valence-electron chi connectivity index (χ1n) is 7.85. The summed E-state index contributed by atoms with van der Waals surface area (Å²) in [7, 11) is 0. The highest BCUT2D eigenvalue weighted by molar-refractivity contribution is 5.89. The normalized spacial score (nSPS) is 14.7. The molecule has 1 aliphatic rings. The standard InChI is InChI=1S/C18H22N4O/c1-14-7-8-16(13-17(14)19)21-9-11-22(12-10-21)18(23)20-15-5-3-2-4-6-15/h2-8,13H,9-12,19H2,1H3,(H,20,23). The lowest BCUT2D eigenvalue weighted by Crippen LogP contribution is -2.50. The number of piperazine rings is 1. The first-order valence-corrected chi connectivity index (χ1v) is 7.85. The second-order valence-corrected chi connectivity index (χ2v) is 5.81. The van der Waals surface area contributed by atoms with E-state index in [4.69, 9.17) is 5.73 Å². The van der Waals surface area contributed by atoms with Crippen LogP contribution in [0.1, 0.15) is 5.56 Å². The molecule has 3 rings (SSSR count). The van der Waals surface area contributed by atoms with E-state index in [0.29, 0.717) is 13.1 Å². The second kappa shape index (κ2) is 6.60. The summed E-state index contributed by atoms with van der Waals surface area (Å²) in [5.41, 5.74) is 9.84. The summed E-state index contributed by atoms with van der Waals surface area (Å²) in [5.74, 6) is 0. The fourth-order valence-corrected chi connectivity index (χ4v) is 2.72. The number of hydrogen-bond acceptors (Lipinski definition) is 3. The molecule has 120 valence electrons. The fraction of sp³-hybridized carbons (Fsp3) is 0.278. The van der Waals surface area contributed by atoms with Crippen LogP contribution in [0.25, 0.3) is 0 Å². The third kappa shape index (κ3) is 3.56. The van der Waals surface area contributed by atoms with E-state index in [1.54, 1.807) is 0 Å². The maximum absolute atomic E-state index is 12.3. The molecule has 2 amide bonds. The molecule has 5 heteroatoms. The summed E-state index contributed by atoms with van der Waals surface area (Å²) >= 11 is 0. The number of nitrogens with zero attached hydrogens (tertiary/aromatic N) is 2. The van der Waals surface area contributed by atoms with Gasteiger partial charge >= 0.3 is 6.03 Å². The van der Waals surface area contributed by atoms with Crippen molar-refractivity contribution in [2.24, 2.45) is 0 Å². The number of nitrogen functional groups attached to an aromatic ring is 1. The minimum atomic E-state index is -0.0423. The zero-order valence-corrected chi connectivity index (χ0v) is 13.3. The number of para-hydroxylation sites is 1. The Hall–Kier alpha value is -2.69. The Morgan fingerprint density at radius 2 is 1.74 bits per heavy atom. The Labute approximate surface area is 136 Å². The molecule has 2 aromatic rings. The Kier molecular flexibility index (Phi) is 4.37. The van der Waals surface area contributed by atoms with Gasteiger partial charge in [-0.2, -0.15) is 0 Å². The number of anilines is 3. The van der Waals surface area contributed by atoms with E-state index in [0.717, 1.165) is 35.7 Å². The molecule has 0 unspecified atom stereocenters.